The van der Waals surface area contributed by atoms with Gasteiger partial charge < -0.3 is 4.74 Å². The van der Waals surface area contributed by atoms with Crippen LogP contribution in [0.1, 0.15) is 0 Å². The molecule has 122 valence electrons. The largest absolute Gasteiger partial charge is 0.483 e. The second-order valence-corrected chi connectivity index (χ2v) is 7.03. The van der Waals surface area contributed by atoms with E-state index in [1.54, 1.807) is 6.08 Å². The Hall–Kier alpha value is -2.38. The molecule has 0 aliphatic rings. The fourth-order valence-electron chi connectivity index (χ4n) is 2.07. The van der Waals surface area contributed by atoms with Crippen molar-refractivity contribution in [2.75, 3.05) is 17.7 Å². The molecule has 1 amide bonds. The molecule has 1 heterocycles. The van der Waals surface area contributed by atoms with Crippen molar-refractivity contribution in [2.24, 2.45) is 0 Å². The summed E-state index contributed by atoms with van der Waals surface area (Å²) in [6.07, 6.45) is 1.79. The van der Waals surface area contributed by atoms with E-state index in [1.807, 2.05) is 42.5 Å². The Labute approximate surface area is 147 Å². The van der Waals surface area contributed by atoms with Crippen molar-refractivity contribution < 1.29 is 9.53 Å². The van der Waals surface area contributed by atoms with E-state index in [0.717, 1.165) is 20.9 Å². The number of rotatable bonds is 7. The van der Waals surface area contributed by atoms with E-state index in [-0.39, 0.29) is 12.5 Å². The highest BCUT2D eigenvalue weighted by Crippen LogP contribution is 2.26. The van der Waals surface area contributed by atoms with Crippen LogP contribution in [-0.2, 0) is 4.79 Å². The van der Waals surface area contributed by atoms with E-state index in [0.29, 0.717) is 10.9 Å². The third kappa shape index (κ3) is 4.12. The summed E-state index contributed by atoms with van der Waals surface area (Å²) in [6.45, 7) is 3.57. The lowest BCUT2D eigenvalue weighted by Crippen LogP contribution is -2.20. The Bertz CT molecular complexity index is 858. The molecular weight excluding hydrogens is 342 g/mol. The quantitative estimate of drug-likeness (QED) is 0.393. The minimum absolute atomic E-state index is 0.0806. The van der Waals surface area contributed by atoms with Gasteiger partial charge in [-0.25, -0.2) is 0 Å². The van der Waals surface area contributed by atoms with Gasteiger partial charge in [0.2, 0.25) is 5.13 Å². The molecule has 0 fully saturated rings. The topological polar surface area (TPSA) is 64.1 Å². The van der Waals surface area contributed by atoms with Crippen molar-refractivity contribution >= 4 is 44.9 Å². The normalized spacial score (nSPS) is 10.5. The number of benzene rings is 2. The molecule has 24 heavy (non-hydrogen) atoms. The number of ether oxygens (including phenoxy) is 1. The molecule has 0 unspecified atom stereocenters. The summed E-state index contributed by atoms with van der Waals surface area (Å²) in [4.78, 5) is 12.0. The van der Waals surface area contributed by atoms with Crippen molar-refractivity contribution in [3.8, 4) is 5.75 Å². The highest BCUT2D eigenvalue weighted by atomic mass is 32.2. The summed E-state index contributed by atoms with van der Waals surface area (Å²) in [7, 11) is 0. The second kappa shape index (κ2) is 7.94. The number of nitrogens with one attached hydrogen (secondary N) is 1. The number of carbonyl (C=O) groups excluding carboxylic acids is 1. The summed E-state index contributed by atoms with van der Waals surface area (Å²) >= 11 is 2.86. The summed E-state index contributed by atoms with van der Waals surface area (Å²) in [5.74, 6) is 1.18. The molecule has 1 aromatic heterocycles. The Morgan fingerprint density at radius 2 is 2.08 bits per heavy atom. The molecule has 1 N–H and O–H groups in total. The number of hydrogen-bond acceptors (Lipinski definition) is 6. The van der Waals surface area contributed by atoms with Crippen molar-refractivity contribution in [1.29, 1.82) is 0 Å². The monoisotopic (exact) mass is 357 g/mol. The van der Waals surface area contributed by atoms with Gasteiger partial charge >= 0.3 is 0 Å². The van der Waals surface area contributed by atoms with Gasteiger partial charge in [-0.05, 0) is 11.5 Å². The molecule has 3 rings (SSSR count). The summed E-state index contributed by atoms with van der Waals surface area (Å²) < 4.78 is 6.44. The maximum Gasteiger partial charge on any atom is 0.264 e. The molecule has 0 saturated heterocycles. The maximum absolute atomic E-state index is 12.0. The Kier molecular flexibility index (Phi) is 5.45. The van der Waals surface area contributed by atoms with Crippen LogP contribution in [0, 0.1) is 0 Å². The first-order chi connectivity index (χ1) is 11.8. The number of hydrogen-bond donors (Lipinski definition) is 1. The van der Waals surface area contributed by atoms with Crippen LogP contribution >= 0.6 is 23.1 Å². The van der Waals surface area contributed by atoms with Crippen LogP contribution in [-0.4, -0.2) is 28.5 Å². The lowest BCUT2D eigenvalue weighted by Gasteiger charge is -2.08. The Morgan fingerprint density at radius 3 is 2.96 bits per heavy atom. The number of fused-ring (bicyclic) bond motifs is 1. The summed E-state index contributed by atoms with van der Waals surface area (Å²) in [6, 6.07) is 13.7. The lowest BCUT2D eigenvalue weighted by atomic mass is 10.1. The zero-order valence-corrected chi connectivity index (χ0v) is 14.4. The van der Waals surface area contributed by atoms with Gasteiger partial charge in [-0.2, -0.15) is 0 Å². The predicted molar refractivity (Wildman–Crippen MR) is 98.9 cm³/mol. The van der Waals surface area contributed by atoms with Gasteiger partial charge in [-0.1, -0.05) is 65.6 Å². The zero-order valence-electron chi connectivity index (χ0n) is 12.8. The molecule has 0 atom stereocenters. The fourth-order valence-corrected chi connectivity index (χ4v) is 3.60. The first kappa shape index (κ1) is 16.5. The fraction of sp³-hybridized carbons (Fsp3) is 0.118. The van der Waals surface area contributed by atoms with Crippen LogP contribution in [0.25, 0.3) is 10.8 Å². The average molecular weight is 357 g/mol. The smallest absolute Gasteiger partial charge is 0.264 e. The Morgan fingerprint density at radius 1 is 1.25 bits per heavy atom. The van der Waals surface area contributed by atoms with Crippen LogP contribution in [0.3, 0.4) is 0 Å². The summed E-state index contributed by atoms with van der Waals surface area (Å²) in [5.41, 5.74) is 0. The van der Waals surface area contributed by atoms with Crippen LogP contribution < -0.4 is 10.1 Å². The number of amides is 1. The first-order valence-electron chi connectivity index (χ1n) is 7.24. The average Bonchev–Trinajstić information content (AvgIpc) is 3.05. The van der Waals surface area contributed by atoms with E-state index < -0.39 is 0 Å². The van der Waals surface area contributed by atoms with Crippen molar-refractivity contribution in [3.63, 3.8) is 0 Å². The number of thioether (sulfide) groups is 1. The van der Waals surface area contributed by atoms with Gasteiger partial charge in [0.25, 0.3) is 5.91 Å². The second-order valence-electron chi connectivity index (χ2n) is 4.79. The van der Waals surface area contributed by atoms with Crippen molar-refractivity contribution in [2.45, 2.75) is 4.34 Å². The number of nitrogens with zero attached hydrogens (tertiary/aromatic N) is 2. The van der Waals surface area contributed by atoms with Crippen LogP contribution in [0.4, 0.5) is 5.13 Å². The molecule has 3 aromatic rings. The molecule has 0 aliphatic carbocycles. The number of anilines is 1. The molecule has 0 aliphatic heterocycles. The predicted octanol–water partition coefficient (Wildman–Crippen LogP) is 3.99. The third-order valence-electron chi connectivity index (χ3n) is 3.09. The minimum atomic E-state index is -0.264. The molecule has 0 saturated carbocycles. The van der Waals surface area contributed by atoms with E-state index in [9.17, 15) is 4.79 Å². The van der Waals surface area contributed by atoms with Gasteiger partial charge in [-0.15, -0.1) is 16.8 Å². The highest BCUT2D eigenvalue weighted by Gasteiger charge is 2.10. The number of carbonyl (C=O) groups is 1. The molecule has 0 radical (unpaired) electrons. The standard InChI is InChI=1S/C17H15N3O2S2/c1-2-10-23-17-20-19-16(24-17)18-15(21)11-22-14-9-5-7-12-6-3-4-8-13(12)14/h2-9H,1,10-11H2,(H,18,19,21). The lowest BCUT2D eigenvalue weighted by molar-refractivity contribution is -0.118. The van der Waals surface area contributed by atoms with Gasteiger partial charge in [0, 0.05) is 11.1 Å². The van der Waals surface area contributed by atoms with Crippen molar-refractivity contribution in [1.82, 2.24) is 10.2 Å². The maximum atomic E-state index is 12.0. The Balaban J connectivity index is 1.59. The highest BCUT2D eigenvalue weighted by molar-refractivity contribution is 8.01. The van der Waals surface area contributed by atoms with Gasteiger partial charge in [0.15, 0.2) is 10.9 Å². The van der Waals surface area contributed by atoms with Crippen LogP contribution in [0.2, 0.25) is 0 Å². The zero-order chi connectivity index (χ0) is 16.8. The SMILES string of the molecule is C=CCSc1nnc(NC(=O)COc2cccc3ccccc23)s1. The van der Waals surface area contributed by atoms with E-state index in [4.69, 9.17) is 4.74 Å². The molecule has 2 aromatic carbocycles. The van der Waals surface area contributed by atoms with E-state index >= 15 is 0 Å². The van der Waals surface area contributed by atoms with Gasteiger partial charge in [0.05, 0.1) is 0 Å². The first-order valence-corrected chi connectivity index (χ1v) is 9.04. The van der Waals surface area contributed by atoms with Crippen molar-refractivity contribution in [3.05, 3.63) is 55.1 Å². The molecular formula is C17H15N3O2S2. The van der Waals surface area contributed by atoms with Gasteiger partial charge in [0.1, 0.15) is 5.75 Å². The van der Waals surface area contributed by atoms with Crippen LogP contribution in [0.5, 0.6) is 5.75 Å². The number of aromatic nitrogens is 2. The molecule has 0 bridgehead atoms. The van der Waals surface area contributed by atoms with Gasteiger partial charge in [-0.3, -0.25) is 10.1 Å². The molecule has 0 spiro atoms. The van der Waals surface area contributed by atoms with E-state index in [1.165, 1.54) is 23.1 Å². The summed E-state index contributed by atoms with van der Waals surface area (Å²) in [5, 5.41) is 13.1. The minimum Gasteiger partial charge on any atom is -0.483 e. The molecule has 7 heteroatoms. The van der Waals surface area contributed by atoms with Crippen LogP contribution in [0.15, 0.2) is 59.5 Å². The molecule has 5 nitrogen and oxygen atoms in total. The van der Waals surface area contributed by atoms with E-state index in [2.05, 4.69) is 22.1 Å². The third-order valence-corrected chi connectivity index (χ3v) is 5.05.